The Hall–Kier alpha value is -1.64. The fraction of sp³-hybridized carbons (Fsp3) is 0.571. The summed E-state index contributed by atoms with van der Waals surface area (Å²) < 4.78 is 30.0. The van der Waals surface area contributed by atoms with E-state index in [9.17, 15) is 38.6 Å². The molecule has 4 heterocycles. The molecule has 4 atom stereocenters. The first kappa shape index (κ1) is 22.6. The summed E-state index contributed by atoms with van der Waals surface area (Å²) in [6, 6.07) is 0. The van der Waals surface area contributed by atoms with Crippen molar-refractivity contribution >= 4 is 38.1 Å². The molecule has 170 valence electrons. The predicted molar refractivity (Wildman–Crippen MR) is 101 cm³/mol. The number of hydrogen-bond acceptors (Lipinski definition) is 11. The highest BCUT2D eigenvalue weighted by Gasteiger charge is 2.59. The molecule has 0 aromatic carbocycles. The van der Waals surface area contributed by atoms with E-state index in [-0.39, 0.29) is 11.2 Å². The lowest BCUT2D eigenvalue weighted by molar-refractivity contribution is -0.196. The van der Waals surface area contributed by atoms with Crippen LogP contribution in [0.2, 0.25) is 0 Å². The summed E-state index contributed by atoms with van der Waals surface area (Å²) in [5.74, 6) is -2.01. The number of carbonyl (C=O) groups is 1. The van der Waals surface area contributed by atoms with E-state index in [0.29, 0.717) is 0 Å². The first-order valence-electron chi connectivity index (χ1n) is 8.79. The Morgan fingerprint density at radius 3 is 2.55 bits per heavy atom. The molecular weight excluding hydrogens is 462 g/mol. The molecular formula is C14H19N4O11P2+. The van der Waals surface area contributed by atoms with Crippen LogP contribution in [0, 0.1) is 0 Å². The fourth-order valence-corrected chi connectivity index (χ4v) is 4.67. The van der Waals surface area contributed by atoms with Crippen LogP contribution in [0.3, 0.4) is 0 Å². The molecule has 0 saturated carbocycles. The van der Waals surface area contributed by atoms with E-state index < -0.39 is 68.9 Å². The summed E-state index contributed by atoms with van der Waals surface area (Å²) in [6.07, 6.45) is -4.36. The molecule has 0 spiro atoms. The monoisotopic (exact) mass is 481 g/mol. The van der Waals surface area contributed by atoms with E-state index in [1.54, 1.807) is 13.8 Å². The number of ether oxygens (including phenoxy) is 3. The van der Waals surface area contributed by atoms with Gasteiger partial charge in [0.1, 0.15) is 12.2 Å². The highest BCUT2D eigenvalue weighted by molar-refractivity contribution is 7.59. The van der Waals surface area contributed by atoms with Gasteiger partial charge >= 0.3 is 15.5 Å². The van der Waals surface area contributed by atoms with E-state index in [2.05, 4.69) is 9.97 Å². The number of nitrogens with zero attached hydrogens (tertiary/aromatic N) is 3. The van der Waals surface area contributed by atoms with Gasteiger partial charge in [0.2, 0.25) is 17.5 Å². The van der Waals surface area contributed by atoms with Crippen LogP contribution in [-0.2, 0) is 23.6 Å². The molecule has 0 radical (unpaired) electrons. The number of Topliss-reactive ketones (excluding diaryl/α,β-unsaturated/α-hetero) is 1. The van der Waals surface area contributed by atoms with Gasteiger partial charge in [0, 0.05) is 0 Å². The molecule has 31 heavy (non-hydrogen) atoms. The molecule has 0 unspecified atom stereocenters. The zero-order valence-electron chi connectivity index (χ0n) is 16.0. The Morgan fingerprint density at radius 1 is 1.29 bits per heavy atom. The highest BCUT2D eigenvalue weighted by atomic mass is 31.2. The van der Waals surface area contributed by atoms with Crippen molar-refractivity contribution in [2.75, 3.05) is 6.16 Å². The van der Waals surface area contributed by atoms with Crippen LogP contribution in [0.1, 0.15) is 20.1 Å². The molecule has 17 heteroatoms. The third-order valence-electron chi connectivity index (χ3n) is 4.68. The molecule has 15 nitrogen and oxygen atoms in total. The van der Waals surface area contributed by atoms with Crippen LogP contribution < -0.4 is 11.1 Å². The van der Waals surface area contributed by atoms with Crippen molar-refractivity contribution in [3.63, 3.8) is 0 Å². The maximum atomic E-state index is 12.5. The minimum absolute atomic E-state index is 0.236. The molecule has 2 aromatic heterocycles. The predicted octanol–water partition coefficient (Wildman–Crippen LogP) is -2.35. The maximum Gasteiger partial charge on any atom is 0.411 e. The average Bonchev–Trinajstić information content (AvgIpc) is 3.22. The van der Waals surface area contributed by atoms with Gasteiger partial charge in [0.05, 0.1) is 6.33 Å². The quantitative estimate of drug-likeness (QED) is 0.246. The third-order valence-corrected chi connectivity index (χ3v) is 6.18. The zero-order valence-corrected chi connectivity index (χ0v) is 17.8. The lowest BCUT2D eigenvalue weighted by Crippen LogP contribution is -2.37. The van der Waals surface area contributed by atoms with Crippen LogP contribution in [-0.4, -0.2) is 80.0 Å². The van der Waals surface area contributed by atoms with Gasteiger partial charge in [-0.15, -0.1) is 0 Å². The highest BCUT2D eigenvalue weighted by Crippen LogP contribution is 2.48. The van der Waals surface area contributed by atoms with Crippen molar-refractivity contribution in [1.29, 1.82) is 0 Å². The second-order valence-corrected chi connectivity index (χ2v) is 10.8. The molecule has 2 aliphatic heterocycles. The van der Waals surface area contributed by atoms with E-state index in [0.717, 1.165) is 6.33 Å². The molecule has 2 aliphatic rings. The Balaban J connectivity index is 1.78. The smallest absolute Gasteiger partial charge is 0.341 e. The first-order chi connectivity index (χ1) is 14.2. The standard InChI is InChI=1S/C14H18N4O11P2/c1-14(2)28-8-7(5(19)3-30(21,22)23)27-12(9(8)29-14)18-4-15-6-10(18)16-13(17-11(6)20)31(24,25)26/h4,7-9,12,21-23H,3H2,1-2H3,(H2-,16,17,20,24,25,26)/p+1/t7-,8-,9-,12-/m1/s1. The van der Waals surface area contributed by atoms with Crippen LogP contribution in [0.15, 0.2) is 11.1 Å². The molecule has 2 fully saturated rings. The maximum absolute atomic E-state index is 12.5. The largest absolute Gasteiger partial charge is 0.411 e. The Morgan fingerprint density at radius 2 is 1.94 bits per heavy atom. The van der Waals surface area contributed by atoms with Gasteiger partial charge in [0.15, 0.2) is 29.3 Å². The fourth-order valence-electron chi connectivity index (χ4n) is 3.60. The number of fused-ring (bicyclic) bond motifs is 2. The summed E-state index contributed by atoms with van der Waals surface area (Å²) in [6.45, 7) is 3.15. The third kappa shape index (κ3) is 4.22. The summed E-state index contributed by atoms with van der Waals surface area (Å²) in [5, 5.41) is 0. The molecule has 6 N–H and O–H groups in total. The van der Waals surface area contributed by atoms with Crippen molar-refractivity contribution in [2.45, 2.75) is 44.2 Å². The Kier molecular flexibility index (Phi) is 5.23. The number of carbonyl (C=O) groups excluding carboxylic acids is 1. The first-order valence-corrected chi connectivity index (χ1v) is 12.2. The van der Waals surface area contributed by atoms with Crippen molar-refractivity contribution in [3.8, 4) is 0 Å². The number of aromatic amines is 1. The van der Waals surface area contributed by atoms with Gasteiger partial charge in [-0.05, 0) is 13.8 Å². The molecule has 0 bridgehead atoms. The van der Waals surface area contributed by atoms with Crippen molar-refractivity contribution in [1.82, 2.24) is 19.5 Å². The topological polar surface area (TPSA) is 227 Å². The molecule has 2 aromatic rings. The molecule has 0 amide bonds. The van der Waals surface area contributed by atoms with E-state index in [4.69, 9.17) is 14.2 Å². The lowest BCUT2D eigenvalue weighted by atomic mass is 10.1. The van der Waals surface area contributed by atoms with E-state index >= 15 is 0 Å². The van der Waals surface area contributed by atoms with Gasteiger partial charge in [-0.25, -0.2) is 9.97 Å². The van der Waals surface area contributed by atoms with Crippen LogP contribution >= 0.6 is 15.5 Å². The number of H-pyrrole nitrogens is 1. The molecule has 0 aliphatic carbocycles. The number of aromatic nitrogens is 4. The second kappa shape index (κ2) is 7.18. The van der Waals surface area contributed by atoms with Gasteiger partial charge in [-0.3, -0.25) is 23.7 Å². The number of ketones is 1. The zero-order chi connectivity index (χ0) is 22.9. The summed E-state index contributed by atoms with van der Waals surface area (Å²) in [7, 11) is -9.34. The molecule has 4 rings (SSSR count). The normalized spacial score (nSPS) is 28.2. The summed E-state index contributed by atoms with van der Waals surface area (Å²) >= 11 is 0. The number of hydrogen-bond donors (Lipinski definition) is 6. The minimum atomic E-state index is -4.91. The van der Waals surface area contributed by atoms with Gasteiger partial charge < -0.3 is 24.0 Å². The lowest BCUT2D eigenvalue weighted by Gasteiger charge is -2.24. The van der Waals surface area contributed by atoms with Gasteiger partial charge in [-0.1, -0.05) is 0 Å². The van der Waals surface area contributed by atoms with Crippen molar-refractivity contribution < 1.29 is 48.0 Å². The SMILES string of the molecule is CC1(C)O[C@@H]2[C@H](O1)[C@@H](C(=O)C[P+](O)(O)O)O[C@H]2n1cnc2c(=O)[nH]c(P(=O)(O)O)nc21. The summed E-state index contributed by atoms with van der Waals surface area (Å²) in [4.78, 5) is 80.9. The second-order valence-electron chi connectivity index (χ2n) is 7.59. The van der Waals surface area contributed by atoms with Gasteiger partial charge in [0.25, 0.3) is 5.56 Å². The molecule has 2 saturated heterocycles. The van der Waals surface area contributed by atoms with Gasteiger partial charge in [-0.2, -0.15) is 14.7 Å². The number of nitrogens with one attached hydrogen (secondary N) is 1. The van der Waals surface area contributed by atoms with E-state index in [1.807, 2.05) is 4.98 Å². The number of imidazole rings is 1. The van der Waals surface area contributed by atoms with Crippen LogP contribution in [0.25, 0.3) is 11.2 Å². The average molecular weight is 481 g/mol. The van der Waals surface area contributed by atoms with Crippen LogP contribution in [0.4, 0.5) is 0 Å². The van der Waals surface area contributed by atoms with Crippen molar-refractivity contribution in [2.24, 2.45) is 0 Å². The Labute approximate surface area is 173 Å². The Bertz CT molecular complexity index is 1150. The minimum Gasteiger partial charge on any atom is -0.341 e. The van der Waals surface area contributed by atoms with Crippen LogP contribution in [0.5, 0.6) is 0 Å². The van der Waals surface area contributed by atoms with Crippen molar-refractivity contribution in [3.05, 3.63) is 16.7 Å². The number of rotatable bonds is 5. The van der Waals surface area contributed by atoms with E-state index in [1.165, 1.54) is 4.57 Å². The summed E-state index contributed by atoms with van der Waals surface area (Å²) in [5.41, 5.74) is -2.26.